The Morgan fingerprint density at radius 3 is 2.78 bits per heavy atom. The predicted molar refractivity (Wildman–Crippen MR) is 99.9 cm³/mol. The highest BCUT2D eigenvalue weighted by Crippen LogP contribution is 2.23. The number of amides is 3. The molecule has 9 heteroatoms. The smallest absolute Gasteiger partial charge is 0.322 e. The number of H-pyrrole nitrogens is 1. The SMILES string of the molecule is O=C(Nc1cccc(Cl)c1)N1CCc2[nH]nc(C(=O)N3CCOCC3)c2C1. The molecule has 0 spiro atoms. The minimum atomic E-state index is -0.228. The molecule has 1 saturated heterocycles. The van der Waals surface area contributed by atoms with E-state index in [-0.39, 0.29) is 11.9 Å². The Morgan fingerprint density at radius 2 is 2.00 bits per heavy atom. The zero-order chi connectivity index (χ0) is 18.8. The Balaban J connectivity index is 1.48. The molecule has 2 aliphatic rings. The van der Waals surface area contributed by atoms with Crippen LogP contribution in [0.1, 0.15) is 21.7 Å². The van der Waals surface area contributed by atoms with Gasteiger partial charge in [0.05, 0.1) is 19.8 Å². The zero-order valence-corrected chi connectivity index (χ0v) is 15.5. The Bertz CT molecular complexity index is 862. The number of carbonyl (C=O) groups is 2. The molecule has 2 aromatic rings. The van der Waals surface area contributed by atoms with Crippen molar-refractivity contribution in [2.75, 3.05) is 38.2 Å². The maximum Gasteiger partial charge on any atom is 0.322 e. The van der Waals surface area contributed by atoms with E-state index in [1.54, 1.807) is 34.1 Å². The topological polar surface area (TPSA) is 90.6 Å². The van der Waals surface area contributed by atoms with Crippen molar-refractivity contribution in [1.82, 2.24) is 20.0 Å². The van der Waals surface area contributed by atoms with Crippen LogP contribution in [0.25, 0.3) is 0 Å². The first-order valence-electron chi connectivity index (χ1n) is 8.86. The molecule has 0 radical (unpaired) electrons. The minimum absolute atomic E-state index is 0.118. The van der Waals surface area contributed by atoms with Crippen molar-refractivity contribution in [3.63, 3.8) is 0 Å². The number of carbonyl (C=O) groups excluding carboxylic acids is 2. The first-order valence-corrected chi connectivity index (χ1v) is 9.24. The molecule has 4 rings (SSSR count). The van der Waals surface area contributed by atoms with E-state index < -0.39 is 0 Å². The van der Waals surface area contributed by atoms with Gasteiger partial charge in [0.1, 0.15) is 0 Å². The second-order valence-electron chi connectivity index (χ2n) is 6.55. The first-order chi connectivity index (χ1) is 13.1. The lowest BCUT2D eigenvalue weighted by Crippen LogP contribution is -2.42. The number of halogens is 1. The summed E-state index contributed by atoms with van der Waals surface area (Å²) in [6.07, 6.45) is 0.627. The quantitative estimate of drug-likeness (QED) is 0.823. The molecule has 142 valence electrons. The first kappa shape index (κ1) is 17.8. The second kappa shape index (κ2) is 7.58. The summed E-state index contributed by atoms with van der Waals surface area (Å²) in [5.74, 6) is -0.118. The number of benzene rings is 1. The van der Waals surface area contributed by atoms with Gasteiger partial charge in [-0.15, -0.1) is 0 Å². The Kier molecular flexibility index (Phi) is 5.00. The van der Waals surface area contributed by atoms with Crippen LogP contribution in [0.5, 0.6) is 0 Å². The third-order valence-corrected chi connectivity index (χ3v) is 5.03. The van der Waals surface area contributed by atoms with Gasteiger partial charge in [0.2, 0.25) is 0 Å². The molecule has 1 aromatic heterocycles. The molecule has 3 heterocycles. The lowest BCUT2D eigenvalue weighted by molar-refractivity contribution is 0.0297. The van der Waals surface area contributed by atoms with E-state index in [0.717, 1.165) is 11.3 Å². The van der Waals surface area contributed by atoms with Crippen LogP contribution in [0.3, 0.4) is 0 Å². The van der Waals surface area contributed by atoms with Gasteiger partial charge in [-0.25, -0.2) is 4.79 Å². The van der Waals surface area contributed by atoms with Crippen LogP contribution in [-0.2, 0) is 17.7 Å². The molecule has 0 aliphatic carbocycles. The standard InChI is InChI=1S/C18H20ClN5O3/c19-12-2-1-3-13(10-12)20-18(26)24-5-4-15-14(11-24)16(22-21-15)17(25)23-6-8-27-9-7-23/h1-3,10H,4-9,11H2,(H,20,26)(H,21,22). The van der Waals surface area contributed by atoms with Crippen molar-refractivity contribution < 1.29 is 14.3 Å². The molecule has 3 amide bonds. The van der Waals surface area contributed by atoms with Gasteiger partial charge in [0, 0.05) is 48.0 Å². The summed E-state index contributed by atoms with van der Waals surface area (Å²) in [6.45, 7) is 3.06. The summed E-state index contributed by atoms with van der Waals surface area (Å²) in [6, 6.07) is 6.78. The third-order valence-electron chi connectivity index (χ3n) is 4.80. The van der Waals surface area contributed by atoms with E-state index in [1.807, 2.05) is 0 Å². The van der Waals surface area contributed by atoms with Crippen LogP contribution in [0, 0.1) is 0 Å². The molecule has 1 fully saturated rings. The number of ether oxygens (including phenoxy) is 1. The molecule has 0 bridgehead atoms. The van der Waals surface area contributed by atoms with E-state index >= 15 is 0 Å². The van der Waals surface area contributed by atoms with Crippen LogP contribution in [-0.4, -0.2) is 64.8 Å². The van der Waals surface area contributed by atoms with Gasteiger partial charge in [-0.3, -0.25) is 9.89 Å². The molecular weight excluding hydrogens is 370 g/mol. The van der Waals surface area contributed by atoms with Crippen LogP contribution in [0.15, 0.2) is 24.3 Å². The number of hydrogen-bond donors (Lipinski definition) is 2. The number of anilines is 1. The van der Waals surface area contributed by atoms with E-state index in [2.05, 4.69) is 15.5 Å². The Morgan fingerprint density at radius 1 is 1.19 bits per heavy atom. The van der Waals surface area contributed by atoms with Gasteiger partial charge < -0.3 is 19.9 Å². The average Bonchev–Trinajstić information content (AvgIpc) is 3.11. The summed E-state index contributed by atoms with van der Waals surface area (Å²) in [4.78, 5) is 28.8. The third kappa shape index (κ3) is 3.77. The summed E-state index contributed by atoms with van der Waals surface area (Å²) >= 11 is 5.97. The molecule has 8 nitrogen and oxygen atoms in total. The molecule has 0 atom stereocenters. The summed E-state index contributed by atoms with van der Waals surface area (Å²) in [7, 11) is 0. The van der Waals surface area contributed by atoms with Crippen molar-refractivity contribution >= 4 is 29.2 Å². The number of nitrogens with one attached hydrogen (secondary N) is 2. The summed E-state index contributed by atoms with van der Waals surface area (Å²) < 4.78 is 5.30. The fraction of sp³-hybridized carbons (Fsp3) is 0.389. The van der Waals surface area contributed by atoms with Gasteiger partial charge >= 0.3 is 6.03 Å². The average molecular weight is 390 g/mol. The number of nitrogens with zero attached hydrogens (tertiary/aromatic N) is 3. The number of hydrogen-bond acceptors (Lipinski definition) is 4. The zero-order valence-electron chi connectivity index (χ0n) is 14.7. The van der Waals surface area contributed by atoms with Crippen molar-refractivity contribution in [3.8, 4) is 0 Å². The molecule has 0 unspecified atom stereocenters. The maximum atomic E-state index is 12.8. The van der Waals surface area contributed by atoms with Gasteiger partial charge in [0.25, 0.3) is 5.91 Å². The van der Waals surface area contributed by atoms with Crippen molar-refractivity contribution in [2.24, 2.45) is 0 Å². The second-order valence-corrected chi connectivity index (χ2v) is 6.98. The molecule has 2 aliphatic heterocycles. The number of rotatable bonds is 2. The maximum absolute atomic E-state index is 12.8. The molecule has 1 aromatic carbocycles. The molecule has 27 heavy (non-hydrogen) atoms. The van der Waals surface area contributed by atoms with Crippen LogP contribution >= 0.6 is 11.6 Å². The number of morpholine rings is 1. The van der Waals surface area contributed by atoms with Crippen LogP contribution in [0.2, 0.25) is 5.02 Å². The number of urea groups is 1. The highest BCUT2D eigenvalue weighted by molar-refractivity contribution is 6.30. The van der Waals surface area contributed by atoms with Gasteiger partial charge in [-0.1, -0.05) is 17.7 Å². The fourth-order valence-electron chi connectivity index (χ4n) is 3.33. The molecule has 2 N–H and O–H groups in total. The highest BCUT2D eigenvalue weighted by atomic mass is 35.5. The van der Waals surface area contributed by atoms with E-state index in [9.17, 15) is 9.59 Å². The summed E-state index contributed by atoms with van der Waals surface area (Å²) in [5.41, 5.74) is 2.74. The number of aromatic amines is 1. The van der Waals surface area contributed by atoms with Gasteiger partial charge in [-0.2, -0.15) is 5.10 Å². The van der Waals surface area contributed by atoms with Crippen molar-refractivity contribution in [2.45, 2.75) is 13.0 Å². The van der Waals surface area contributed by atoms with Crippen molar-refractivity contribution in [1.29, 1.82) is 0 Å². The van der Waals surface area contributed by atoms with E-state index in [4.69, 9.17) is 16.3 Å². The fourth-order valence-corrected chi connectivity index (χ4v) is 3.52. The van der Waals surface area contributed by atoms with E-state index in [0.29, 0.717) is 62.2 Å². The largest absolute Gasteiger partial charge is 0.378 e. The lowest BCUT2D eigenvalue weighted by atomic mass is 10.0. The monoisotopic (exact) mass is 389 g/mol. The normalized spacial score (nSPS) is 16.8. The van der Waals surface area contributed by atoms with E-state index in [1.165, 1.54) is 0 Å². The summed E-state index contributed by atoms with van der Waals surface area (Å²) in [5, 5.41) is 10.6. The van der Waals surface area contributed by atoms with Gasteiger partial charge in [-0.05, 0) is 18.2 Å². The highest BCUT2D eigenvalue weighted by Gasteiger charge is 2.30. The Hall–Kier alpha value is -2.58. The van der Waals surface area contributed by atoms with Gasteiger partial charge in [0.15, 0.2) is 5.69 Å². The number of fused-ring (bicyclic) bond motifs is 1. The minimum Gasteiger partial charge on any atom is -0.378 e. The Labute approximate surface area is 161 Å². The number of aromatic nitrogens is 2. The molecule has 0 saturated carbocycles. The predicted octanol–water partition coefficient (Wildman–Crippen LogP) is 2.13. The van der Waals surface area contributed by atoms with Crippen LogP contribution < -0.4 is 5.32 Å². The lowest BCUT2D eigenvalue weighted by Gasteiger charge is -2.29. The van der Waals surface area contributed by atoms with Crippen molar-refractivity contribution in [3.05, 3.63) is 46.2 Å². The molecular formula is C18H20ClN5O3. The van der Waals surface area contributed by atoms with Crippen LogP contribution in [0.4, 0.5) is 10.5 Å².